The van der Waals surface area contributed by atoms with Gasteiger partial charge in [0.05, 0.1) is 29.2 Å². The summed E-state index contributed by atoms with van der Waals surface area (Å²) in [7, 11) is 1.90. The van der Waals surface area contributed by atoms with Crippen LogP contribution in [0.1, 0.15) is 64.8 Å². The number of carbonyl (C=O) groups is 1. The van der Waals surface area contributed by atoms with Gasteiger partial charge < -0.3 is 15.4 Å². The zero-order valence-electron chi connectivity index (χ0n) is 17.0. The Morgan fingerprint density at radius 1 is 1.21 bits per heavy atom. The molecule has 8 heteroatoms. The Bertz CT molecular complexity index is 885. The van der Waals surface area contributed by atoms with Crippen LogP contribution in [0.2, 0.25) is 0 Å². The highest BCUT2D eigenvalue weighted by Gasteiger charge is 2.26. The largest absolute Gasteiger partial charge is 0.462 e. The van der Waals surface area contributed by atoms with Crippen molar-refractivity contribution in [2.24, 2.45) is 7.05 Å². The summed E-state index contributed by atoms with van der Waals surface area (Å²) < 4.78 is 7.18. The van der Waals surface area contributed by atoms with Gasteiger partial charge in [-0.05, 0) is 64.2 Å². The standard InChI is InChI=1S/C20H28N4O2S2/c1-5-26-19(25)16-14-10-8-6-7-9-11-15(14)28-18(16)22-20(27)21-17-12(2)23-24(4)13(17)3/h5-11H2,1-4H3,(H2,21,22,27). The van der Waals surface area contributed by atoms with Crippen LogP contribution in [0.5, 0.6) is 0 Å². The molecular weight excluding hydrogens is 392 g/mol. The summed E-state index contributed by atoms with van der Waals surface area (Å²) in [5.74, 6) is -0.264. The predicted octanol–water partition coefficient (Wildman–Crippen LogP) is 4.74. The van der Waals surface area contributed by atoms with E-state index in [1.165, 1.54) is 17.7 Å². The highest BCUT2D eigenvalue weighted by molar-refractivity contribution is 7.80. The lowest BCUT2D eigenvalue weighted by molar-refractivity contribution is 0.0526. The monoisotopic (exact) mass is 420 g/mol. The van der Waals surface area contributed by atoms with Crippen molar-refractivity contribution in [1.82, 2.24) is 9.78 Å². The zero-order chi connectivity index (χ0) is 20.3. The number of thiocarbonyl (C=S) groups is 1. The van der Waals surface area contributed by atoms with E-state index in [0.29, 0.717) is 17.3 Å². The molecule has 0 unspecified atom stereocenters. The molecule has 0 spiro atoms. The summed E-state index contributed by atoms with van der Waals surface area (Å²) in [4.78, 5) is 14.0. The average molecular weight is 421 g/mol. The maximum atomic E-state index is 12.7. The van der Waals surface area contributed by atoms with E-state index in [1.54, 1.807) is 11.3 Å². The first-order chi connectivity index (χ1) is 13.4. The van der Waals surface area contributed by atoms with E-state index in [1.807, 2.05) is 32.5 Å². The summed E-state index contributed by atoms with van der Waals surface area (Å²) in [5.41, 5.74) is 4.58. The number of rotatable bonds is 4. The molecule has 2 N–H and O–H groups in total. The van der Waals surface area contributed by atoms with Gasteiger partial charge in [-0.2, -0.15) is 5.10 Å². The number of fused-ring (bicyclic) bond motifs is 1. The second-order valence-electron chi connectivity index (χ2n) is 7.09. The van der Waals surface area contributed by atoms with Crippen LogP contribution < -0.4 is 10.6 Å². The Kier molecular flexibility index (Phi) is 6.72. The summed E-state index contributed by atoms with van der Waals surface area (Å²) in [6.07, 6.45) is 6.64. The molecule has 6 nitrogen and oxygen atoms in total. The van der Waals surface area contributed by atoms with E-state index in [9.17, 15) is 4.79 Å². The summed E-state index contributed by atoms with van der Waals surface area (Å²) in [5, 5.41) is 12.2. The first-order valence-corrected chi connectivity index (χ1v) is 11.0. The second-order valence-corrected chi connectivity index (χ2v) is 8.60. The summed E-state index contributed by atoms with van der Waals surface area (Å²) in [6.45, 7) is 6.13. The zero-order valence-corrected chi connectivity index (χ0v) is 18.6. The molecule has 0 saturated heterocycles. The Morgan fingerprint density at radius 3 is 2.57 bits per heavy atom. The first-order valence-electron chi connectivity index (χ1n) is 9.82. The van der Waals surface area contributed by atoms with Crippen molar-refractivity contribution in [3.8, 4) is 0 Å². The number of nitrogens with zero attached hydrogens (tertiary/aromatic N) is 2. The number of anilines is 2. The quantitative estimate of drug-likeness (QED) is 0.550. The summed E-state index contributed by atoms with van der Waals surface area (Å²) >= 11 is 7.18. The molecule has 0 atom stereocenters. The fourth-order valence-corrected chi connectivity index (χ4v) is 5.18. The van der Waals surface area contributed by atoms with Crippen LogP contribution in [0.15, 0.2) is 0 Å². The van der Waals surface area contributed by atoms with Crippen molar-refractivity contribution in [3.05, 3.63) is 27.4 Å². The van der Waals surface area contributed by atoms with Crippen LogP contribution in [-0.2, 0) is 24.6 Å². The van der Waals surface area contributed by atoms with Crippen molar-refractivity contribution in [1.29, 1.82) is 0 Å². The molecule has 0 amide bonds. The lowest BCUT2D eigenvalue weighted by Gasteiger charge is -2.13. The Morgan fingerprint density at radius 2 is 1.93 bits per heavy atom. The number of nitrogens with one attached hydrogen (secondary N) is 2. The van der Waals surface area contributed by atoms with Gasteiger partial charge in [-0.25, -0.2) is 4.79 Å². The second kappa shape index (κ2) is 9.05. The van der Waals surface area contributed by atoms with E-state index >= 15 is 0 Å². The fraction of sp³-hybridized carbons (Fsp3) is 0.550. The third kappa shape index (κ3) is 4.38. The van der Waals surface area contributed by atoms with E-state index in [-0.39, 0.29) is 5.97 Å². The molecule has 0 radical (unpaired) electrons. The number of esters is 1. The molecule has 0 saturated carbocycles. The number of aromatic nitrogens is 2. The summed E-state index contributed by atoms with van der Waals surface area (Å²) in [6, 6.07) is 0. The van der Waals surface area contributed by atoms with Crippen LogP contribution in [-0.4, -0.2) is 27.5 Å². The molecule has 0 aliphatic heterocycles. The van der Waals surface area contributed by atoms with Crippen molar-refractivity contribution >= 4 is 45.3 Å². The average Bonchev–Trinajstić information content (AvgIpc) is 3.06. The molecular formula is C20H28N4O2S2. The number of ether oxygens (including phenoxy) is 1. The van der Waals surface area contributed by atoms with Crippen LogP contribution in [0, 0.1) is 13.8 Å². The van der Waals surface area contributed by atoms with Gasteiger partial charge in [-0.1, -0.05) is 12.8 Å². The first kappa shape index (κ1) is 20.8. The van der Waals surface area contributed by atoms with Gasteiger partial charge in [-0.15, -0.1) is 11.3 Å². The number of hydrogen-bond donors (Lipinski definition) is 2. The molecule has 0 fully saturated rings. The molecule has 2 aromatic rings. The normalized spacial score (nSPS) is 14.0. The van der Waals surface area contributed by atoms with E-state index in [2.05, 4.69) is 15.7 Å². The number of aryl methyl sites for hydroxylation is 3. The number of hydrogen-bond acceptors (Lipinski definition) is 5. The van der Waals surface area contributed by atoms with Crippen LogP contribution in [0.4, 0.5) is 10.7 Å². The molecule has 2 heterocycles. The minimum atomic E-state index is -0.264. The minimum Gasteiger partial charge on any atom is -0.462 e. The lowest BCUT2D eigenvalue weighted by atomic mass is 9.96. The maximum Gasteiger partial charge on any atom is 0.341 e. The third-order valence-electron chi connectivity index (χ3n) is 5.13. The Hall–Kier alpha value is -1.93. The predicted molar refractivity (Wildman–Crippen MR) is 119 cm³/mol. The van der Waals surface area contributed by atoms with Gasteiger partial charge in [-0.3, -0.25) is 4.68 Å². The number of carbonyl (C=O) groups excluding carboxylic acids is 1. The molecule has 1 aliphatic carbocycles. The molecule has 2 aromatic heterocycles. The minimum absolute atomic E-state index is 0.264. The maximum absolute atomic E-state index is 12.7. The molecule has 1 aliphatic rings. The Labute approximate surface area is 175 Å². The lowest BCUT2D eigenvalue weighted by Crippen LogP contribution is -2.21. The molecule has 152 valence electrons. The topological polar surface area (TPSA) is 68.2 Å². The van der Waals surface area contributed by atoms with Crippen molar-refractivity contribution in [2.45, 2.75) is 59.3 Å². The molecule has 0 aromatic carbocycles. The van der Waals surface area contributed by atoms with Crippen LogP contribution in [0.3, 0.4) is 0 Å². The van der Waals surface area contributed by atoms with E-state index < -0.39 is 0 Å². The van der Waals surface area contributed by atoms with E-state index in [4.69, 9.17) is 17.0 Å². The van der Waals surface area contributed by atoms with Crippen molar-refractivity contribution < 1.29 is 9.53 Å². The SMILES string of the molecule is CCOC(=O)c1c(NC(=S)Nc2c(C)nn(C)c2C)sc2c1CCCCCC2. The number of thiophene rings is 1. The van der Waals surface area contributed by atoms with Crippen LogP contribution >= 0.6 is 23.6 Å². The third-order valence-corrected chi connectivity index (χ3v) is 6.54. The van der Waals surface area contributed by atoms with Crippen molar-refractivity contribution in [3.63, 3.8) is 0 Å². The van der Waals surface area contributed by atoms with Gasteiger partial charge in [0.15, 0.2) is 5.11 Å². The van der Waals surface area contributed by atoms with Gasteiger partial charge in [0.1, 0.15) is 5.00 Å². The van der Waals surface area contributed by atoms with Gasteiger partial charge >= 0.3 is 5.97 Å². The molecule has 28 heavy (non-hydrogen) atoms. The Balaban J connectivity index is 1.88. The van der Waals surface area contributed by atoms with Gasteiger partial charge in [0.25, 0.3) is 0 Å². The van der Waals surface area contributed by atoms with Gasteiger partial charge in [0, 0.05) is 11.9 Å². The fourth-order valence-electron chi connectivity index (χ4n) is 3.63. The van der Waals surface area contributed by atoms with Gasteiger partial charge in [0.2, 0.25) is 0 Å². The molecule has 0 bridgehead atoms. The smallest absolute Gasteiger partial charge is 0.341 e. The highest BCUT2D eigenvalue weighted by Crippen LogP contribution is 2.37. The van der Waals surface area contributed by atoms with Crippen molar-refractivity contribution in [2.75, 3.05) is 17.2 Å². The highest BCUT2D eigenvalue weighted by atomic mass is 32.1. The van der Waals surface area contributed by atoms with E-state index in [0.717, 1.165) is 53.3 Å². The van der Waals surface area contributed by atoms with Crippen LogP contribution in [0.25, 0.3) is 0 Å². The molecule has 3 rings (SSSR count).